The Bertz CT molecular complexity index is 820. The Labute approximate surface area is 159 Å². The lowest BCUT2D eigenvalue weighted by molar-refractivity contribution is 0.0843. The van der Waals surface area contributed by atoms with E-state index in [2.05, 4.69) is 15.8 Å². The summed E-state index contributed by atoms with van der Waals surface area (Å²) in [6.45, 7) is 0. The van der Waals surface area contributed by atoms with E-state index in [0.29, 0.717) is 17.2 Å². The maximum absolute atomic E-state index is 12.3. The van der Waals surface area contributed by atoms with Crippen LogP contribution in [-0.4, -0.2) is 38.1 Å². The number of carbonyl (C=O) groups is 2. The monoisotopic (exact) mass is 399 g/mol. The Morgan fingerprint density at radius 2 is 1.50 bits per heavy atom. The number of pyridine rings is 1. The van der Waals surface area contributed by atoms with Crippen LogP contribution in [0, 0.1) is 0 Å². The van der Waals surface area contributed by atoms with E-state index in [4.69, 9.17) is 37.4 Å². The molecule has 0 saturated carbocycles. The van der Waals surface area contributed by atoms with Crippen LogP contribution in [-0.2, 0) is 0 Å². The molecule has 1 heterocycles. The van der Waals surface area contributed by atoms with Crippen LogP contribution in [0.1, 0.15) is 20.8 Å². The number of nitrogens with one attached hydrogen (secondary N) is 2. The van der Waals surface area contributed by atoms with E-state index >= 15 is 0 Å². The molecular formula is C16H15Cl2N3O5. The molecule has 0 radical (unpaired) electrons. The minimum atomic E-state index is -0.724. The number of carbonyl (C=O) groups excluding carboxylic acids is 2. The second-order valence-corrected chi connectivity index (χ2v) is 5.58. The average molecular weight is 400 g/mol. The average Bonchev–Trinajstić information content (AvgIpc) is 2.66. The number of amides is 2. The molecule has 0 aliphatic carbocycles. The summed E-state index contributed by atoms with van der Waals surface area (Å²) in [5.74, 6) is -0.412. The SMILES string of the molecule is COc1cc(C(=O)NNC(=O)c2nc(Cl)ccc2Cl)cc(OC)c1OC. The molecule has 0 atom stereocenters. The normalized spacial score (nSPS) is 10.0. The number of hydrazine groups is 1. The van der Waals surface area contributed by atoms with E-state index in [1.807, 2.05) is 0 Å². The van der Waals surface area contributed by atoms with Crippen LogP contribution >= 0.6 is 23.2 Å². The fourth-order valence-corrected chi connectivity index (χ4v) is 2.37. The summed E-state index contributed by atoms with van der Waals surface area (Å²) >= 11 is 11.6. The lowest BCUT2D eigenvalue weighted by Crippen LogP contribution is -2.42. The van der Waals surface area contributed by atoms with Gasteiger partial charge >= 0.3 is 0 Å². The van der Waals surface area contributed by atoms with Crippen molar-refractivity contribution in [1.82, 2.24) is 15.8 Å². The summed E-state index contributed by atoms with van der Waals surface area (Å²) in [6.07, 6.45) is 0. The molecule has 2 amide bonds. The van der Waals surface area contributed by atoms with Crippen molar-refractivity contribution in [2.75, 3.05) is 21.3 Å². The zero-order chi connectivity index (χ0) is 19.3. The summed E-state index contributed by atoms with van der Waals surface area (Å²) < 4.78 is 15.5. The zero-order valence-corrected chi connectivity index (χ0v) is 15.6. The fraction of sp³-hybridized carbons (Fsp3) is 0.188. The van der Waals surface area contributed by atoms with Crippen molar-refractivity contribution < 1.29 is 23.8 Å². The Kier molecular flexibility index (Phi) is 6.48. The van der Waals surface area contributed by atoms with Crippen LogP contribution in [0.2, 0.25) is 10.2 Å². The maximum Gasteiger partial charge on any atom is 0.289 e. The second-order valence-electron chi connectivity index (χ2n) is 4.79. The number of methoxy groups -OCH3 is 3. The van der Waals surface area contributed by atoms with Crippen LogP contribution in [0.4, 0.5) is 0 Å². The topological polar surface area (TPSA) is 98.8 Å². The van der Waals surface area contributed by atoms with Crippen LogP contribution in [0.3, 0.4) is 0 Å². The molecule has 0 bridgehead atoms. The highest BCUT2D eigenvalue weighted by Crippen LogP contribution is 2.38. The van der Waals surface area contributed by atoms with Crippen LogP contribution in [0.5, 0.6) is 17.2 Å². The third-order valence-electron chi connectivity index (χ3n) is 3.24. The van der Waals surface area contributed by atoms with Gasteiger partial charge in [0, 0.05) is 5.56 Å². The summed E-state index contributed by atoms with van der Waals surface area (Å²) in [4.78, 5) is 28.2. The number of benzene rings is 1. The molecule has 0 aliphatic heterocycles. The van der Waals surface area contributed by atoms with Crippen LogP contribution < -0.4 is 25.1 Å². The number of hydrogen-bond acceptors (Lipinski definition) is 6. The molecule has 1 aromatic carbocycles. The third kappa shape index (κ3) is 4.27. The molecule has 0 spiro atoms. The van der Waals surface area contributed by atoms with Crippen LogP contribution in [0.15, 0.2) is 24.3 Å². The lowest BCUT2D eigenvalue weighted by Gasteiger charge is -2.14. The Hall–Kier alpha value is -2.71. The third-order valence-corrected chi connectivity index (χ3v) is 3.76. The van der Waals surface area contributed by atoms with E-state index in [1.165, 1.54) is 45.6 Å². The van der Waals surface area contributed by atoms with Crippen molar-refractivity contribution in [2.45, 2.75) is 0 Å². The molecular weight excluding hydrogens is 385 g/mol. The number of nitrogens with zero attached hydrogens (tertiary/aromatic N) is 1. The van der Waals surface area contributed by atoms with Gasteiger partial charge in [-0.25, -0.2) is 4.98 Å². The highest BCUT2D eigenvalue weighted by molar-refractivity contribution is 6.34. The summed E-state index contributed by atoms with van der Waals surface area (Å²) in [5.41, 5.74) is 4.51. The predicted molar refractivity (Wildman–Crippen MR) is 95.3 cm³/mol. The molecule has 0 fully saturated rings. The van der Waals surface area contributed by atoms with E-state index in [-0.39, 0.29) is 21.4 Å². The molecule has 0 saturated heterocycles. The van der Waals surface area contributed by atoms with Gasteiger partial charge in [0.2, 0.25) is 5.75 Å². The Morgan fingerprint density at radius 3 is 2.04 bits per heavy atom. The van der Waals surface area contributed by atoms with Gasteiger partial charge in [0.05, 0.1) is 26.4 Å². The van der Waals surface area contributed by atoms with Crippen molar-refractivity contribution in [3.8, 4) is 17.2 Å². The van der Waals surface area contributed by atoms with Gasteiger partial charge in [0.25, 0.3) is 11.8 Å². The van der Waals surface area contributed by atoms with Crippen molar-refractivity contribution in [3.63, 3.8) is 0 Å². The van der Waals surface area contributed by atoms with E-state index < -0.39 is 11.8 Å². The van der Waals surface area contributed by atoms with Crippen molar-refractivity contribution in [3.05, 3.63) is 45.7 Å². The van der Waals surface area contributed by atoms with Crippen molar-refractivity contribution in [2.24, 2.45) is 0 Å². The van der Waals surface area contributed by atoms with E-state index in [0.717, 1.165) is 0 Å². The van der Waals surface area contributed by atoms with Gasteiger partial charge in [-0.3, -0.25) is 20.4 Å². The Balaban J connectivity index is 2.17. The zero-order valence-electron chi connectivity index (χ0n) is 14.1. The molecule has 0 unspecified atom stereocenters. The minimum Gasteiger partial charge on any atom is -0.493 e. The van der Waals surface area contributed by atoms with Gasteiger partial charge in [-0.2, -0.15) is 0 Å². The molecule has 1 aromatic heterocycles. The van der Waals surface area contributed by atoms with Crippen LogP contribution in [0.25, 0.3) is 0 Å². The first-order valence-corrected chi connectivity index (χ1v) is 7.89. The molecule has 8 nitrogen and oxygen atoms in total. The smallest absolute Gasteiger partial charge is 0.289 e. The van der Waals surface area contributed by atoms with E-state index in [1.54, 1.807) is 0 Å². The minimum absolute atomic E-state index is 0.0916. The molecule has 2 rings (SSSR count). The van der Waals surface area contributed by atoms with Gasteiger partial charge in [0.15, 0.2) is 11.5 Å². The van der Waals surface area contributed by atoms with Crippen molar-refractivity contribution in [1.29, 1.82) is 0 Å². The molecule has 138 valence electrons. The molecule has 0 aliphatic rings. The maximum atomic E-state index is 12.3. The van der Waals surface area contributed by atoms with Gasteiger partial charge in [-0.15, -0.1) is 0 Å². The highest BCUT2D eigenvalue weighted by Gasteiger charge is 2.18. The summed E-state index contributed by atoms with van der Waals surface area (Å²) in [7, 11) is 4.29. The Morgan fingerprint density at radius 1 is 0.923 bits per heavy atom. The molecule has 10 heteroatoms. The van der Waals surface area contributed by atoms with Crippen molar-refractivity contribution >= 4 is 35.0 Å². The number of ether oxygens (including phenoxy) is 3. The molecule has 2 aromatic rings. The molecule has 2 N–H and O–H groups in total. The first kappa shape index (κ1) is 19.6. The number of aromatic nitrogens is 1. The summed E-state index contributed by atoms with van der Waals surface area (Å²) in [5, 5.41) is 0.185. The lowest BCUT2D eigenvalue weighted by atomic mass is 10.1. The standard InChI is InChI=1S/C16H15Cl2N3O5/c1-24-10-6-8(7-11(25-2)14(10)26-3)15(22)20-21-16(23)13-9(17)4-5-12(18)19-13/h4-7H,1-3H3,(H,20,22)(H,21,23). The highest BCUT2D eigenvalue weighted by atomic mass is 35.5. The quantitative estimate of drug-likeness (QED) is 0.591. The molecule has 26 heavy (non-hydrogen) atoms. The summed E-state index contributed by atoms with van der Waals surface area (Å²) in [6, 6.07) is 5.74. The van der Waals surface area contributed by atoms with Gasteiger partial charge in [-0.05, 0) is 24.3 Å². The number of halogens is 2. The predicted octanol–water partition coefficient (Wildman–Crippen LogP) is 2.49. The fourth-order valence-electron chi connectivity index (χ4n) is 2.03. The van der Waals surface area contributed by atoms with Gasteiger partial charge in [-0.1, -0.05) is 23.2 Å². The largest absolute Gasteiger partial charge is 0.493 e. The first-order chi connectivity index (χ1) is 12.4. The van der Waals surface area contributed by atoms with E-state index in [9.17, 15) is 9.59 Å². The number of hydrogen-bond donors (Lipinski definition) is 2. The van der Waals surface area contributed by atoms with Gasteiger partial charge in [0.1, 0.15) is 10.8 Å². The number of rotatable bonds is 5. The second kappa shape index (κ2) is 8.59. The first-order valence-electron chi connectivity index (χ1n) is 7.14. The van der Waals surface area contributed by atoms with Gasteiger partial charge < -0.3 is 14.2 Å².